The van der Waals surface area contributed by atoms with Crippen LogP contribution in [0.1, 0.15) is 13.3 Å². The van der Waals surface area contributed by atoms with E-state index in [0.29, 0.717) is 10.8 Å². The van der Waals surface area contributed by atoms with Gasteiger partial charge in [-0.05, 0) is 40.5 Å². The van der Waals surface area contributed by atoms with Crippen LogP contribution in [-0.2, 0) is 0 Å². The number of rotatable bonds is 5. The van der Waals surface area contributed by atoms with Gasteiger partial charge in [0.15, 0.2) is 0 Å². The standard InChI is InChI=1S/C13H13Br2ClN4/c1-2-5-17-12-11(15)13(19-7-18-12)20-10-6-8(14)3-4-9(10)16/h3-4,6-7H,2,5H2,1H3,(H2,17,18,19,20). The Morgan fingerprint density at radius 1 is 1.20 bits per heavy atom. The van der Waals surface area contributed by atoms with Gasteiger partial charge in [0, 0.05) is 11.0 Å². The molecule has 0 aliphatic rings. The van der Waals surface area contributed by atoms with E-state index in [4.69, 9.17) is 11.6 Å². The van der Waals surface area contributed by atoms with E-state index in [1.165, 1.54) is 6.33 Å². The number of halogens is 3. The van der Waals surface area contributed by atoms with Crippen molar-refractivity contribution < 1.29 is 0 Å². The molecule has 0 atom stereocenters. The van der Waals surface area contributed by atoms with Gasteiger partial charge >= 0.3 is 0 Å². The smallest absolute Gasteiger partial charge is 0.150 e. The number of anilines is 3. The Balaban J connectivity index is 2.27. The molecule has 0 radical (unpaired) electrons. The number of benzene rings is 1. The molecule has 0 unspecified atom stereocenters. The molecule has 106 valence electrons. The maximum atomic E-state index is 6.16. The molecule has 0 aliphatic heterocycles. The largest absolute Gasteiger partial charge is 0.369 e. The van der Waals surface area contributed by atoms with Gasteiger partial charge in [-0.3, -0.25) is 0 Å². The Bertz CT molecular complexity index is 607. The van der Waals surface area contributed by atoms with Gasteiger partial charge in [0.1, 0.15) is 22.4 Å². The van der Waals surface area contributed by atoms with Crippen LogP contribution in [0.5, 0.6) is 0 Å². The van der Waals surface area contributed by atoms with Crippen LogP contribution in [0.15, 0.2) is 33.5 Å². The zero-order valence-electron chi connectivity index (χ0n) is 10.8. The molecule has 20 heavy (non-hydrogen) atoms. The first-order valence-electron chi connectivity index (χ1n) is 6.08. The highest BCUT2D eigenvalue weighted by Gasteiger charge is 2.10. The summed E-state index contributed by atoms with van der Waals surface area (Å²) < 4.78 is 1.73. The predicted octanol–water partition coefficient (Wildman–Crippen LogP) is 5.22. The Morgan fingerprint density at radius 2 is 1.95 bits per heavy atom. The van der Waals surface area contributed by atoms with Gasteiger partial charge in [0.25, 0.3) is 0 Å². The van der Waals surface area contributed by atoms with E-state index in [1.807, 2.05) is 18.2 Å². The molecular formula is C13H13Br2ClN4. The zero-order chi connectivity index (χ0) is 14.5. The molecule has 2 aromatic rings. The van der Waals surface area contributed by atoms with Crippen molar-refractivity contribution in [3.05, 3.63) is 38.5 Å². The first-order chi connectivity index (χ1) is 9.61. The molecule has 0 saturated carbocycles. The first kappa shape index (κ1) is 15.5. The van der Waals surface area contributed by atoms with E-state index in [1.54, 1.807) is 0 Å². The fourth-order valence-electron chi connectivity index (χ4n) is 1.54. The Hall–Kier alpha value is -0.850. The van der Waals surface area contributed by atoms with Crippen molar-refractivity contribution in [2.75, 3.05) is 17.2 Å². The second-order valence-corrected chi connectivity index (χ2v) is 6.18. The second-order valence-electron chi connectivity index (χ2n) is 4.06. The summed E-state index contributed by atoms with van der Waals surface area (Å²) >= 11 is 13.1. The fraction of sp³-hybridized carbons (Fsp3) is 0.231. The summed E-state index contributed by atoms with van der Waals surface area (Å²) in [6.45, 7) is 2.95. The fourth-order valence-corrected chi connectivity index (χ4v) is 2.51. The summed E-state index contributed by atoms with van der Waals surface area (Å²) in [5.74, 6) is 1.43. The quantitative estimate of drug-likeness (QED) is 0.696. The topological polar surface area (TPSA) is 49.8 Å². The molecule has 1 aromatic carbocycles. The lowest BCUT2D eigenvalue weighted by molar-refractivity contribution is 0.962. The van der Waals surface area contributed by atoms with Crippen molar-refractivity contribution >= 4 is 60.8 Å². The van der Waals surface area contributed by atoms with Gasteiger partial charge in [-0.25, -0.2) is 9.97 Å². The molecule has 0 bridgehead atoms. The van der Waals surface area contributed by atoms with Gasteiger partial charge in [0.2, 0.25) is 0 Å². The summed E-state index contributed by atoms with van der Waals surface area (Å²) in [5.41, 5.74) is 0.780. The minimum atomic E-state index is 0.627. The van der Waals surface area contributed by atoms with Crippen LogP contribution in [0.4, 0.5) is 17.3 Å². The second kappa shape index (κ2) is 7.24. The highest BCUT2D eigenvalue weighted by molar-refractivity contribution is 9.11. The van der Waals surface area contributed by atoms with Gasteiger partial charge in [-0.2, -0.15) is 0 Å². The number of hydrogen-bond acceptors (Lipinski definition) is 4. The molecule has 7 heteroatoms. The lowest BCUT2D eigenvalue weighted by atomic mass is 10.3. The van der Waals surface area contributed by atoms with Crippen LogP contribution in [-0.4, -0.2) is 16.5 Å². The number of nitrogens with one attached hydrogen (secondary N) is 2. The molecule has 2 rings (SSSR count). The molecule has 0 aliphatic carbocycles. The van der Waals surface area contributed by atoms with Crippen molar-refractivity contribution in [2.24, 2.45) is 0 Å². The van der Waals surface area contributed by atoms with Crippen molar-refractivity contribution in [3.8, 4) is 0 Å². The van der Waals surface area contributed by atoms with Gasteiger partial charge in [-0.15, -0.1) is 0 Å². The first-order valence-corrected chi connectivity index (χ1v) is 8.04. The third-order valence-corrected chi connectivity index (χ3v) is 4.09. The third kappa shape index (κ3) is 3.84. The van der Waals surface area contributed by atoms with E-state index in [-0.39, 0.29) is 0 Å². The molecule has 1 heterocycles. The van der Waals surface area contributed by atoms with Crippen LogP contribution in [0.3, 0.4) is 0 Å². The summed E-state index contributed by atoms with van der Waals surface area (Å²) in [6, 6.07) is 5.60. The number of nitrogens with zero attached hydrogens (tertiary/aromatic N) is 2. The monoisotopic (exact) mass is 418 g/mol. The van der Waals surface area contributed by atoms with E-state index in [0.717, 1.165) is 33.4 Å². The molecule has 2 N–H and O–H groups in total. The highest BCUT2D eigenvalue weighted by Crippen LogP contribution is 2.32. The maximum absolute atomic E-state index is 6.16. The van der Waals surface area contributed by atoms with E-state index < -0.39 is 0 Å². The maximum Gasteiger partial charge on any atom is 0.150 e. The van der Waals surface area contributed by atoms with Crippen molar-refractivity contribution in [1.82, 2.24) is 9.97 Å². The molecule has 1 aromatic heterocycles. The predicted molar refractivity (Wildman–Crippen MR) is 90.9 cm³/mol. The average Bonchev–Trinajstić information content (AvgIpc) is 2.44. The van der Waals surface area contributed by atoms with Gasteiger partial charge in [-0.1, -0.05) is 34.5 Å². The molecule has 0 saturated heterocycles. The SMILES string of the molecule is CCCNc1ncnc(Nc2cc(Br)ccc2Cl)c1Br. The highest BCUT2D eigenvalue weighted by atomic mass is 79.9. The minimum Gasteiger partial charge on any atom is -0.369 e. The van der Waals surface area contributed by atoms with Gasteiger partial charge in [0.05, 0.1) is 10.7 Å². The van der Waals surface area contributed by atoms with Crippen molar-refractivity contribution in [2.45, 2.75) is 13.3 Å². The summed E-state index contributed by atoms with van der Waals surface area (Å²) in [4.78, 5) is 8.44. The summed E-state index contributed by atoms with van der Waals surface area (Å²) in [6.07, 6.45) is 2.54. The summed E-state index contributed by atoms with van der Waals surface area (Å²) in [7, 11) is 0. The lowest BCUT2D eigenvalue weighted by Gasteiger charge is -2.12. The van der Waals surface area contributed by atoms with E-state index in [2.05, 4.69) is 59.4 Å². The van der Waals surface area contributed by atoms with Gasteiger partial charge < -0.3 is 10.6 Å². The van der Waals surface area contributed by atoms with Crippen molar-refractivity contribution in [3.63, 3.8) is 0 Å². The van der Waals surface area contributed by atoms with E-state index in [9.17, 15) is 0 Å². The minimum absolute atomic E-state index is 0.627. The summed E-state index contributed by atoms with van der Waals surface area (Å²) in [5, 5.41) is 7.06. The average molecular weight is 421 g/mol. The Kier molecular flexibility index (Phi) is 5.63. The van der Waals surface area contributed by atoms with Crippen LogP contribution < -0.4 is 10.6 Å². The van der Waals surface area contributed by atoms with Crippen molar-refractivity contribution in [1.29, 1.82) is 0 Å². The molecule has 0 fully saturated rings. The van der Waals surface area contributed by atoms with Crippen LogP contribution in [0.25, 0.3) is 0 Å². The molecule has 4 nitrogen and oxygen atoms in total. The molecular weight excluding hydrogens is 407 g/mol. The molecule has 0 amide bonds. The van der Waals surface area contributed by atoms with E-state index >= 15 is 0 Å². The van der Waals surface area contributed by atoms with Crippen LogP contribution in [0, 0.1) is 0 Å². The number of aromatic nitrogens is 2. The number of hydrogen-bond donors (Lipinski definition) is 2. The zero-order valence-corrected chi connectivity index (χ0v) is 14.7. The Labute approximate surface area is 139 Å². The van der Waals surface area contributed by atoms with Crippen LogP contribution >= 0.6 is 43.5 Å². The Morgan fingerprint density at radius 3 is 2.70 bits per heavy atom. The third-order valence-electron chi connectivity index (χ3n) is 2.51. The molecule has 0 spiro atoms. The van der Waals surface area contributed by atoms with Crippen LogP contribution in [0.2, 0.25) is 5.02 Å². The normalized spacial score (nSPS) is 10.4. The lowest BCUT2D eigenvalue weighted by Crippen LogP contribution is -2.05.